The lowest BCUT2D eigenvalue weighted by Gasteiger charge is -2.17. The maximum Gasteiger partial charge on any atom is 0.0998 e. The van der Waals surface area contributed by atoms with Crippen LogP contribution in [0.3, 0.4) is 0 Å². The fourth-order valence-corrected chi connectivity index (χ4v) is 8.80. The Morgan fingerprint density at radius 1 is 0.345 bits per heavy atom. The Balaban J connectivity index is 1.16. The van der Waals surface area contributed by atoms with E-state index in [1.54, 1.807) is 0 Å². The molecule has 0 atom stereocenters. The summed E-state index contributed by atoms with van der Waals surface area (Å²) in [4.78, 5) is 0. The summed E-state index contributed by atoms with van der Waals surface area (Å²) in [7, 11) is 0. The Morgan fingerprint density at radius 3 is 1.51 bits per heavy atom. The van der Waals surface area contributed by atoms with E-state index in [0.29, 0.717) is 11.1 Å². The molecule has 5 nitrogen and oxygen atoms in total. The number of nitrogens with zero attached hydrogens (tertiary/aromatic N) is 5. The van der Waals surface area contributed by atoms with Gasteiger partial charge >= 0.3 is 0 Å². The fourth-order valence-electron chi connectivity index (χ4n) is 8.80. The highest BCUT2D eigenvalue weighted by Gasteiger charge is 2.21. The summed E-state index contributed by atoms with van der Waals surface area (Å²) in [6.45, 7) is 0. The van der Waals surface area contributed by atoms with E-state index in [9.17, 15) is 10.5 Å². The number of aromatic nitrogens is 3. The van der Waals surface area contributed by atoms with E-state index >= 15 is 0 Å². The van der Waals surface area contributed by atoms with Gasteiger partial charge in [0.25, 0.3) is 0 Å². The number of nitriles is 2. The van der Waals surface area contributed by atoms with Gasteiger partial charge in [-0.3, -0.25) is 0 Å². The van der Waals surface area contributed by atoms with Gasteiger partial charge in [0, 0.05) is 49.3 Å². The molecular weight excluding hydrogens is 671 g/mol. The molecule has 0 aliphatic heterocycles. The summed E-state index contributed by atoms with van der Waals surface area (Å²) in [6.07, 6.45) is 0. The largest absolute Gasteiger partial charge is 0.309 e. The second kappa shape index (κ2) is 11.8. The first-order valence-corrected chi connectivity index (χ1v) is 18.3. The quantitative estimate of drug-likeness (QED) is 0.184. The molecule has 0 saturated carbocycles. The highest BCUT2D eigenvalue weighted by atomic mass is 15.0. The highest BCUT2D eigenvalue weighted by molar-refractivity contribution is 6.13. The lowest BCUT2D eigenvalue weighted by atomic mass is 9.97. The average molecular weight is 700 g/mol. The first kappa shape index (κ1) is 30.7. The van der Waals surface area contributed by atoms with Crippen molar-refractivity contribution in [3.05, 3.63) is 187 Å². The Hall–Kier alpha value is -7.86. The number of hydrogen-bond acceptors (Lipinski definition) is 2. The van der Waals surface area contributed by atoms with Crippen LogP contribution in [0.2, 0.25) is 0 Å². The smallest absolute Gasteiger partial charge is 0.0998 e. The van der Waals surface area contributed by atoms with Crippen molar-refractivity contribution in [1.82, 2.24) is 13.7 Å². The van der Waals surface area contributed by atoms with Gasteiger partial charge in [-0.15, -0.1) is 0 Å². The van der Waals surface area contributed by atoms with E-state index in [4.69, 9.17) is 0 Å². The van der Waals surface area contributed by atoms with Gasteiger partial charge in [-0.1, -0.05) is 97.1 Å². The zero-order valence-electron chi connectivity index (χ0n) is 29.5. The van der Waals surface area contributed by atoms with Crippen LogP contribution in [-0.2, 0) is 0 Å². The van der Waals surface area contributed by atoms with E-state index in [1.165, 1.54) is 32.6 Å². The first-order valence-electron chi connectivity index (χ1n) is 18.3. The van der Waals surface area contributed by atoms with Gasteiger partial charge in [0.1, 0.15) is 0 Å². The third kappa shape index (κ3) is 4.45. The first-order chi connectivity index (χ1) is 27.2. The van der Waals surface area contributed by atoms with Crippen LogP contribution in [0.4, 0.5) is 0 Å². The molecule has 8 aromatic carbocycles. The molecule has 11 aromatic rings. The summed E-state index contributed by atoms with van der Waals surface area (Å²) in [6, 6.07) is 66.0. The lowest BCUT2D eigenvalue weighted by Crippen LogP contribution is -2.01. The third-order valence-corrected chi connectivity index (χ3v) is 11.1. The number of benzene rings is 8. The minimum Gasteiger partial charge on any atom is -0.309 e. The van der Waals surface area contributed by atoms with Gasteiger partial charge in [-0.25, -0.2) is 0 Å². The van der Waals surface area contributed by atoms with Crippen molar-refractivity contribution in [2.75, 3.05) is 0 Å². The van der Waals surface area contributed by atoms with E-state index in [0.717, 1.165) is 61.0 Å². The summed E-state index contributed by atoms with van der Waals surface area (Å²) in [5, 5.41) is 27.2. The van der Waals surface area contributed by atoms with Gasteiger partial charge in [-0.2, -0.15) is 10.5 Å². The van der Waals surface area contributed by atoms with E-state index in [-0.39, 0.29) is 0 Å². The minimum atomic E-state index is 0.588. The molecule has 0 aliphatic rings. The van der Waals surface area contributed by atoms with Crippen molar-refractivity contribution in [1.29, 1.82) is 10.5 Å². The summed E-state index contributed by atoms with van der Waals surface area (Å²) in [5.74, 6) is 0. The molecule has 0 amide bonds. The Labute approximate surface area is 316 Å². The molecule has 254 valence electrons. The Morgan fingerprint density at radius 2 is 0.873 bits per heavy atom. The van der Waals surface area contributed by atoms with E-state index < -0.39 is 0 Å². The molecule has 5 heteroatoms. The predicted octanol–water partition coefficient (Wildman–Crippen LogP) is 12.4. The second-order valence-electron chi connectivity index (χ2n) is 14.0. The van der Waals surface area contributed by atoms with Gasteiger partial charge in [0.2, 0.25) is 0 Å². The molecule has 0 radical (unpaired) electrons. The number of fused-ring (bicyclic) bond motifs is 9. The van der Waals surface area contributed by atoms with Crippen LogP contribution < -0.4 is 0 Å². The van der Waals surface area contributed by atoms with Crippen molar-refractivity contribution >= 4 is 65.4 Å². The van der Waals surface area contributed by atoms with Crippen LogP contribution >= 0.6 is 0 Å². The van der Waals surface area contributed by atoms with Crippen LogP contribution in [0, 0.1) is 22.7 Å². The Bertz CT molecular complexity index is 3420. The van der Waals surface area contributed by atoms with Crippen LogP contribution in [0.1, 0.15) is 11.1 Å². The summed E-state index contributed by atoms with van der Waals surface area (Å²) in [5.41, 5.74) is 12.5. The van der Waals surface area contributed by atoms with Gasteiger partial charge in [0.15, 0.2) is 0 Å². The zero-order valence-corrected chi connectivity index (χ0v) is 29.5. The minimum absolute atomic E-state index is 0.588. The SMILES string of the molecule is N#Cc1ccc2c(c1)c1ccccc1n2-c1cccc(C#N)c1-c1cccc(-n2c3ccccc3c3ccc(-n4c5ccccc5c5ccccc54)cc32)c1. The Kier molecular flexibility index (Phi) is 6.61. The number of hydrogen-bond donors (Lipinski definition) is 0. The molecule has 0 unspecified atom stereocenters. The molecule has 11 rings (SSSR count). The maximum absolute atomic E-state index is 10.6. The van der Waals surface area contributed by atoms with Crippen LogP contribution in [0.5, 0.6) is 0 Å². The van der Waals surface area contributed by atoms with E-state index in [1.807, 2.05) is 42.5 Å². The molecule has 3 aromatic heterocycles. The topological polar surface area (TPSA) is 62.4 Å². The molecule has 0 aliphatic carbocycles. The normalized spacial score (nSPS) is 11.6. The molecule has 3 heterocycles. The predicted molar refractivity (Wildman–Crippen MR) is 224 cm³/mol. The molecule has 0 N–H and O–H groups in total. The van der Waals surface area contributed by atoms with Crippen molar-refractivity contribution in [2.45, 2.75) is 0 Å². The average Bonchev–Trinajstić information content (AvgIpc) is 3.88. The van der Waals surface area contributed by atoms with Crippen molar-refractivity contribution in [2.24, 2.45) is 0 Å². The molecular formula is C50H29N5. The van der Waals surface area contributed by atoms with Crippen molar-refractivity contribution < 1.29 is 0 Å². The van der Waals surface area contributed by atoms with Crippen molar-refractivity contribution in [3.63, 3.8) is 0 Å². The zero-order chi connectivity index (χ0) is 36.6. The summed E-state index contributed by atoms with van der Waals surface area (Å²) >= 11 is 0. The second-order valence-corrected chi connectivity index (χ2v) is 14.0. The third-order valence-electron chi connectivity index (χ3n) is 11.1. The molecule has 55 heavy (non-hydrogen) atoms. The lowest BCUT2D eigenvalue weighted by molar-refractivity contribution is 1.15. The van der Waals surface area contributed by atoms with Crippen LogP contribution in [0.15, 0.2) is 176 Å². The van der Waals surface area contributed by atoms with Crippen molar-refractivity contribution in [3.8, 4) is 40.3 Å². The number of rotatable bonds is 4. The molecule has 0 bridgehead atoms. The van der Waals surface area contributed by atoms with Gasteiger partial charge in [-0.05, 0) is 84.4 Å². The van der Waals surface area contributed by atoms with Crippen LogP contribution in [-0.4, -0.2) is 13.7 Å². The molecule has 0 spiro atoms. The summed E-state index contributed by atoms with van der Waals surface area (Å²) < 4.78 is 6.94. The van der Waals surface area contributed by atoms with E-state index in [2.05, 4.69) is 159 Å². The molecule has 0 fully saturated rings. The molecule has 0 saturated heterocycles. The van der Waals surface area contributed by atoms with Crippen LogP contribution in [0.25, 0.3) is 93.6 Å². The number of para-hydroxylation sites is 4. The fraction of sp³-hybridized carbons (Fsp3) is 0. The standard InChI is InChI=1S/C50H29N5/c51-30-32-23-26-47-42(27-32)40-17-4-8-21-46(40)55(47)48-22-10-12-34(31-52)50(48)33-11-9-13-35(28-33)54-45-20-7-3-16-39(45)41-25-24-36(29-49(41)54)53-43-18-5-1-14-37(43)38-15-2-6-19-44(38)53/h1-29H. The highest BCUT2D eigenvalue weighted by Crippen LogP contribution is 2.41. The monoisotopic (exact) mass is 699 g/mol. The maximum atomic E-state index is 10.6. The van der Waals surface area contributed by atoms with Gasteiger partial charge < -0.3 is 13.7 Å². The van der Waals surface area contributed by atoms with Gasteiger partial charge in [0.05, 0.1) is 62.1 Å².